The van der Waals surface area contributed by atoms with Crippen LogP contribution in [0.15, 0.2) is 0 Å². The molecule has 0 unspecified atom stereocenters. The molecule has 102 valence electrons. The van der Waals surface area contributed by atoms with Gasteiger partial charge in [-0.3, -0.25) is 9.48 Å². The second-order valence-corrected chi connectivity index (χ2v) is 3.66. The van der Waals surface area contributed by atoms with E-state index in [0.29, 0.717) is 4.68 Å². The molecule has 0 bridgehead atoms. The number of Topliss-reactive ketones (excluding diaryl/α,β-unsaturated/α-hetero) is 1. The van der Waals surface area contributed by atoms with Crippen molar-refractivity contribution < 1.29 is 22.4 Å². The van der Waals surface area contributed by atoms with E-state index in [1.807, 2.05) is 13.8 Å². The highest BCUT2D eigenvalue weighted by molar-refractivity contribution is 5.99. The molecule has 0 aromatic carbocycles. The highest BCUT2D eigenvalue weighted by atomic mass is 19.3. The Morgan fingerprint density at radius 1 is 1.33 bits per heavy atom. The summed E-state index contributed by atoms with van der Waals surface area (Å²) in [6.45, 7) is 4.00. The van der Waals surface area contributed by atoms with Crippen LogP contribution < -0.4 is 0 Å². The fourth-order valence-electron chi connectivity index (χ4n) is 1.91. The summed E-state index contributed by atoms with van der Waals surface area (Å²) in [4.78, 5) is 11.4. The fraction of sp³-hybridized carbons (Fsp3) is 0.636. The Balaban J connectivity index is 0.000000771. The van der Waals surface area contributed by atoms with Gasteiger partial charge >= 0.3 is 0 Å². The largest absolute Gasteiger partial charge is 0.294 e. The van der Waals surface area contributed by atoms with Crippen LogP contribution in [-0.2, 0) is 13.0 Å². The number of fused-ring (bicyclic) bond motifs is 1. The molecular weight excluding hydrogens is 252 g/mol. The van der Waals surface area contributed by atoms with Crippen molar-refractivity contribution in [2.24, 2.45) is 7.05 Å². The lowest BCUT2D eigenvalue weighted by Crippen LogP contribution is -2.27. The van der Waals surface area contributed by atoms with Gasteiger partial charge in [0.1, 0.15) is 11.4 Å². The van der Waals surface area contributed by atoms with E-state index in [4.69, 9.17) is 0 Å². The minimum Gasteiger partial charge on any atom is -0.294 e. The Morgan fingerprint density at radius 2 is 1.89 bits per heavy atom. The molecule has 7 heteroatoms. The maximum Gasteiger partial charge on any atom is 0.290 e. The van der Waals surface area contributed by atoms with Gasteiger partial charge < -0.3 is 0 Å². The summed E-state index contributed by atoms with van der Waals surface area (Å²) in [6, 6.07) is 0. The number of alkyl halides is 4. The van der Waals surface area contributed by atoms with Gasteiger partial charge in [0.2, 0.25) is 0 Å². The first-order valence-corrected chi connectivity index (χ1v) is 5.61. The Kier molecular flexibility index (Phi) is 4.13. The lowest BCUT2D eigenvalue weighted by Gasteiger charge is -2.22. The molecule has 0 aliphatic heterocycles. The number of aromatic nitrogens is 2. The minimum atomic E-state index is -3.27. The molecule has 1 aliphatic rings. The molecule has 0 spiro atoms. The first-order valence-electron chi connectivity index (χ1n) is 5.61. The summed E-state index contributed by atoms with van der Waals surface area (Å²) in [6.07, 6.45) is -4.10. The lowest BCUT2D eigenvalue weighted by molar-refractivity contribution is -0.0268. The molecule has 0 saturated carbocycles. The Morgan fingerprint density at radius 3 is 2.39 bits per heavy atom. The summed E-state index contributed by atoms with van der Waals surface area (Å²) >= 11 is 0. The number of hydrogen-bond donors (Lipinski definition) is 0. The first-order chi connectivity index (χ1) is 8.34. The van der Waals surface area contributed by atoms with E-state index in [0.717, 1.165) is 7.05 Å². The number of carbonyl (C=O) groups excluding carboxylic acids is 1. The highest BCUT2D eigenvalue weighted by Crippen LogP contribution is 2.42. The number of rotatable bonds is 1. The summed E-state index contributed by atoms with van der Waals surface area (Å²) in [5.41, 5.74) is -2.14. The first kappa shape index (κ1) is 14.7. The molecule has 1 aromatic rings. The highest BCUT2D eigenvalue weighted by Gasteiger charge is 2.46. The van der Waals surface area contributed by atoms with Crippen molar-refractivity contribution in [3.8, 4) is 0 Å². The van der Waals surface area contributed by atoms with Crippen molar-refractivity contribution in [1.29, 1.82) is 0 Å². The SMILES string of the molecule is CC.Cn1nc(C(F)F)c2c1C(F)(F)CCC2=O. The third kappa shape index (κ3) is 2.26. The maximum atomic E-state index is 13.5. The molecule has 18 heavy (non-hydrogen) atoms. The molecule has 0 amide bonds. The van der Waals surface area contributed by atoms with Crippen molar-refractivity contribution >= 4 is 5.78 Å². The molecule has 3 nitrogen and oxygen atoms in total. The Labute approximate surface area is 102 Å². The fourth-order valence-corrected chi connectivity index (χ4v) is 1.91. The van der Waals surface area contributed by atoms with Crippen LogP contribution in [0.4, 0.5) is 17.6 Å². The van der Waals surface area contributed by atoms with E-state index in [2.05, 4.69) is 5.10 Å². The monoisotopic (exact) mass is 266 g/mol. The zero-order valence-corrected chi connectivity index (χ0v) is 10.3. The summed E-state index contributed by atoms with van der Waals surface area (Å²) < 4.78 is 52.6. The minimum absolute atomic E-state index is 0.425. The van der Waals surface area contributed by atoms with Crippen molar-refractivity contribution in [2.75, 3.05) is 0 Å². The number of nitrogens with zero attached hydrogens (tertiary/aromatic N) is 2. The Hall–Kier alpha value is -1.40. The van der Waals surface area contributed by atoms with Gasteiger partial charge in [0, 0.05) is 19.9 Å². The molecule has 0 fully saturated rings. The predicted molar refractivity (Wildman–Crippen MR) is 57.0 cm³/mol. The molecule has 0 saturated heterocycles. The average molecular weight is 266 g/mol. The van der Waals surface area contributed by atoms with Crippen LogP contribution in [0.1, 0.15) is 54.9 Å². The lowest BCUT2D eigenvalue weighted by atomic mass is 9.91. The van der Waals surface area contributed by atoms with Crippen LogP contribution in [0.25, 0.3) is 0 Å². The number of carbonyl (C=O) groups is 1. The van der Waals surface area contributed by atoms with Gasteiger partial charge in [0.15, 0.2) is 5.78 Å². The van der Waals surface area contributed by atoms with Crippen molar-refractivity contribution in [1.82, 2.24) is 9.78 Å². The van der Waals surface area contributed by atoms with E-state index in [9.17, 15) is 22.4 Å². The van der Waals surface area contributed by atoms with Crippen LogP contribution in [0.3, 0.4) is 0 Å². The van der Waals surface area contributed by atoms with E-state index in [1.54, 1.807) is 0 Å². The van der Waals surface area contributed by atoms with E-state index in [1.165, 1.54) is 0 Å². The van der Waals surface area contributed by atoms with Crippen LogP contribution in [0.2, 0.25) is 0 Å². The zero-order chi connectivity index (χ0) is 14.1. The third-order valence-corrected chi connectivity index (χ3v) is 2.57. The molecule has 0 radical (unpaired) electrons. The van der Waals surface area contributed by atoms with E-state index < -0.39 is 47.9 Å². The van der Waals surface area contributed by atoms with Gasteiger partial charge in [-0.15, -0.1) is 0 Å². The third-order valence-electron chi connectivity index (χ3n) is 2.57. The van der Waals surface area contributed by atoms with E-state index >= 15 is 0 Å². The summed E-state index contributed by atoms with van der Waals surface area (Å²) in [5.74, 6) is -3.96. The number of ketones is 1. The van der Waals surface area contributed by atoms with Gasteiger partial charge in [-0.25, -0.2) is 8.78 Å². The molecule has 1 heterocycles. The van der Waals surface area contributed by atoms with Crippen molar-refractivity contribution in [3.63, 3.8) is 0 Å². The van der Waals surface area contributed by atoms with Crippen LogP contribution in [0, 0.1) is 0 Å². The zero-order valence-electron chi connectivity index (χ0n) is 10.3. The van der Waals surface area contributed by atoms with Gasteiger partial charge in [0.05, 0.1) is 5.56 Å². The molecular formula is C11H14F4N2O. The van der Waals surface area contributed by atoms with E-state index in [-0.39, 0.29) is 0 Å². The van der Waals surface area contributed by atoms with Crippen LogP contribution in [0.5, 0.6) is 0 Å². The standard InChI is InChI=1S/C9H8F4N2O.C2H6/c1-15-7-5(6(14-15)8(10)11)4(16)2-3-9(7,12)13;1-2/h8H,2-3H2,1H3;1-2H3. The van der Waals surface area contributed by atoms with Gasteiger partial charge in [-0.1, -0.05) is 13.8 Å². The molecule has 1 aliphatic carbocycles. The summed E-state index contributed by atoms with van der Waals surface area (Å²) in [7, 11) is 1.14. The molecule has 0 atom stereocenters. The normalized spacial score (nSPS) is 17.2. The Bertz CT molecular complexity index is 454. The predicted octanol–water partition coefficient (Wildman–Crippen LogP) is 3.45. The maximum absolute atomic E-state index is 13.5. The average Bonchev–Trinajstić information content (AvgIpc) is 2.67. The number of aryl methyl sites for hydroxylation is 1. The smallest absolute Gasteiger partial charge is 0.290 e. The van der Waals surface area contributed by atoms with Crippen molar-refractivity contribution in [2.45, 2.75) is 39.0 Å². The van der Waals surface area contributed by atoms with Gasteiger partial charge in [0.25, 0.3) is 12.3 Å². The quantitative estimate of drug-likeness (QED) is 0.730. The molecule has 1 aromatic heterocycles. The number of hydrogen-bond acceptors (Lipinski definition) is 2. The second-order valence-electron chi connectivity index (χ2n) is 3.66. The van der Waals surface area contributed by atoms with Crippen LogP contribution >= 0.6 is 0 Å². The van der Waals surface area contributed by atoms with Crippen LogP contribution in [-0.4, -0.2) is 15.6 Å². The molecule has 2 rings (SSSR count). The topological polar surface area (TPSA) is 34.9 Å². The summed E-state index contributed by atoms with van der Waals surface area (Å²) in [5, 5.41) is 3.30. The molecule has 0 N–H and O–H groups in total. The van der Waals surface area contributed by atoms with Crippen molar-refractivity contribution in [3.05, 3.63) is 17.0 Å². The number of halogens is 4. The van der Waals surface area contributed by atoms with Gasteiger partial charge in [-0.05, 0) is 0 Å². The second kappa shape index (κ2) is 5.07. The van der Waals surface area contributed by atoms with Gasteiger partial charge in [-0.2, -0.15) is 13.9 Å².